The van der Waals surface area contributed by atoms with Crippen LogP contribution in [0.5, 0.6) is 5.75 Å². The van der Waals surface area contributed by atoms with Crippen molar-refractivity contribution in [1.29, 1.82) is 0 Å². The summed E-state index contributed by atoms with van der Waals surface area (Å²) in [5.41, 5.74) is 2.67. The summed E-state index contributed by atoms with van der Waals surface area (Å²) >= 11 is 0. The molecule has 0 radical (unpaired) electrons. The summed E-state index contributed by atoms with van der Waals surface area (Å²) < 4.78 is 5.40. The Kier molecular flexibility index (Phi) is 4.77. The summed E-state index contributed by atoms with van der Waals surface area (Å²) in [7, 11) is 1.71. The van der Waals surface area contributed by atoms with Gasteiger partial charge in [-0.05, 0) is 85.5 Å². The second-order valence-corrected chi connectivity index (χ2v) is 9.03. The quantitative estimate of drug-likeness (QED) is 0.823. The van der Waals surface area contributed by atoms with E-state index >= 15 is 0 Å². The number of methoxy groups -OCH3 is 1. The van der Waals surface area contributed by atoms with Gasteiger partial charge in [0, 0.05) is 18.3 Å². The first-order valence-electron chi connectivity index (χ1n) is 10.4. The highest BCUT2D eigenvalue weighted by Crippen LogP contribution is 2.62. The second kappa shape index (κ2) is 6.96. The Balaban J connectivity index is 1.61. The number of ketones is 1. The summed E-state index contributed by atoms with van der Waals surface area (Å²) in [6, 6.07) is 6.49. The van der Waals surface area contributed by atoms with Gasteiger partial charge in [-0.3, -0.25) is 9.59 Å². The van der Waals surface area contributed by atoms with E-state index in [0.717, 1.165) is 37.9 Å². The lowest BCUT2D eigenvalue weighted by molar-refractivity contribution is -0.137. The third-order valence-corrected chi connectivity index (χ3v) is 7.74. The number of carboxylic acids is 1. The van der Waals surface area contributed by atoms with Crippen LogP contribution in [-0.2, 0) is 16.0 Å². The van der Waals surface area contributed by atoms with Crippen LogP contribution in [0.15, 0.2) is 18.2 Å². The SMILES string of the molecule is COc1ccc2c(c1)CCC1[C@@H]3C(CCCC(=O)O)CC(=O)C3(C)CC[C@H]21. The molecule has 2 saturated carbocycles. The number of benzene rings is 1. The van der Waals surface area contributed by atoms with Crippen LogP contribution in [0.25, 0.3) is 0 Å². The van der Waals surface area contributed by atoms with Gasteiger partial charge in [0.2, 0.25) is 0 Å². The molecule has 3 aliphatic carbocycles. The van der Waals surface area contributed by atoms with E-state index in [0.29, 0.717) is 42.3 Å². The monoisotopic (exact) mass is 370 g/mol. The van der Waals surface area contributed by atoms with Crippen LogP contribution in [0.2, 0.25) is 0 Å². The number of fused-ring (bicyclic) bond motifs is 5. The van der Waals surface area contributed by atoms with E-state index in [2.05, 4.69) is 25.1 Å². The molecule has 3 unspecified atom stereocenters. The van der Waals surface area contributed by atoms with Crippen molar-refractivity contribution in [3.63, 3.8) is 0 Å². The van der Waals surface area contributed by atoms with Crippen molar-refractivity contribution in [2.24, 2.45) is 23.2 Å². The van der Waals surface area contributed by atoms with Gasteiger partial charge >= 0.3 is 5.97 Å². The molecule has 0 amide bonds. The number of carbonyl (C=O) groups is 2. The van der Waals surface area contributed by atoms with E-state index < -0.39 is 5.97 Å². The van der Waals surface area contributed by atoms with Crippen molar-refractivity contribution in [2.45, 2.75) is 64.2 Å². The van der Waals surface area contributed by atoms with Gasteiger partial charge in [0.1, 0.15) is 11.5 Å². The Hall–Kier alpha value is -1.84. The maximum Gasteiger partial charge on any atom is 0.303 e. The highest BCUT2D eigenvalue weighted by Gasteiger charge is 2.58. The molecule has 0 aliphatic heterocycles. The molecular weight excluding hydrogens is 340 g/mol. The van der Waals surface area contributed by atoms with Gasteiger partial charge in [0.05, 0.1) is 7.11 Å². The normalized spacial score (nSPS) is 34.5. The second-order valence-electron chi connectivity index (χ2n) is 9.03. The molecule has 5 atom stereocenters. The first-order chi connectivity index (χ1) is 12.9. The molecule has 4 heteroatoms. The molecule has 1 aromatic carbocycles. The molecule has 4 nitrogen and oxygen atoms in total. The summed E-state index contributed by atoms with van der Waals surface area (Å²) in [5, 5.41) is 8.98. The van der Waals surface area contributed by atoms with Gasteiger partial charge in [-0.1, -0.05) is 13.0 Å². The van der Waals surface area contributed by atoms with Crippen molar-refractivity contribution in [3.8, 4) is 5.75 Å². The minimum atomic E-state index is -0.732. The minimum Gasteiger partial charge on any atom is -0.497 e. The molecule has 1 N–H and O–H groups in total. The highest BCUT2D eigenvalue weighted by atomic mass is 16.5. The molecule has 2 fully saturated rings. The first-order valence-corrected chi connectivity index (χ1v) is 10.4. The Morgan fingerprint density at radius 2 is 2.15 bits per heavy atom. The molecule has 1 aromatic rings. The van der Waals surface area contributed by atoms with Crippen LogP contribution < -0.4 is 4.74 Å². The third-order valence-electron chi connectivity index (χ3n) is 7.74. The molecule has 0 bridgehead atoms. The van der Waals surface area contributed by atoms with Gasteiger partial charge in [0.25, 0.3) is 0 Å². The lowest BCUT2D eigenvalue weighted by atomic mass is 9.54. The molecule has 0 heterocycles. The van der Waals surface area contributed by atoms with E-state index in [1.165, 1.54) is 11.1 Å². The fraction of sp³-hybridized carbons (Fsp3) is 0.652. The van der Waals surface area contributed by atoms with Crippen molar-refractivity contribution < 1.29 is 19.4 Å². The number of rotatable bonds is 5. The van der Waals surface area contributed by atoms with Crippen molar-refractivity contribution >= 4 is 11.8 Å². The minimum absolute atomic E-state index is 0.195. The fourth-order valence-electron chi connectivity index (χ4n) is 6.53. The zero-order valence-electron chi connectivity index (χ0n) is 16.4. The molecule has 0 saturated heterocycles. The molecule has 4 rings (SSSR count). The zero-order valence-corrected chi connectivity index (χ0v) is 16.4. The zero-order chi connectivity index (χ0) is 19.2. The van der Waals surface area contributed by atoms with Gasteiger partial charge in [-0.15, -0.1) is 0 Å². The highest BCUT2D eigenvalue weighted by molar-refractivity contribution is 5.87. The maximum atomic E-state index is 12.9. The number of ether oxygens (including phenoxy) is 1. The molecular formula is C23H30O4. The largest absolute Gasteiger partial charge is 0.497 e. The van der Waals surface area contributed by atoms with Crippen molar-refractivity contribution in [3.05, 3.63) is 29.3 Å². The first kappa shape index (κ1) is 18.5. The van der Waals surface area contributed by atoms with Gasteiger partial charge in [-0.2, -0.15) is 0 Å². The average Bonchev–Trinajstić information content (AvgIpc) is 2.91. The third kappa shape index (κ3) is 3.07. The smallest absolute Gasteiger partial charge is 0.303 e. The molecule has 0 spiro atoms. The molecule has 27 heavy (non-hydrogen) atoms. The predicted octanol–water partition coefficient (Wildman–Crippen LogP) is 4.60. The van der Waals surface area contributed by atoms with E-state index in [4.69, 9.17) is 9.84 Å². The van der Waals surface area contributed by atoms with Crippen LogP contribution in [0, 0.1) is 23.2 Å². The maximum absolute atomic E-state index is 12.9. The van der Waals surface area contributed by atoms with E-state index in [1.54, 1.807) is 7.11 Å². The fourth-order valence-corrected chi connectivity index (χ4v) is 6.53. The Labute approximate surface area is 161 Å². The Morgan fingerprint density at radius 1 is 1.33 bits per heavy atom. The van der Waals surface area contributed by atoms with E-state index in [9.17, 15) is 9.59 Å². The number of Topliss-reactive ketones (excluding diaryl/α,β-unsaturated/α-hetero) is 1. The van der Waals surface area contributed by atoms with E-state index in [-0.39, 0.29) is 11.8 Å². The van der Waals surface area contributed by atoms with Crippen LogP contribution in [0.1, 0.15) is 68.9 Å². The summed E-state index contributed by atoms with van der Waals surface area (Å²) in [4.78, 5) is 23.8. The number of hydrogen-bond donors (Lipinski definition) is 1. The lowest BCUT2D eigenvalue weighted by Crippen LogP contribution is -2.44. The number of hydrogen-bond acceptors (Lipinski definition) is 3. The van der Waals surface area contributed by atoms with E-state index in [1.807, 2.05) is 0 Å². The van der Waals surface area contributed by atoms with Gasteiger partial charge in [0.15, 0.2) is 0 Å². The summed E-state index contributed by atoms with van der Waals surface area (Å²) in [6.45, 7) is 2.19. The Bertz CT molecular complexity index is 755. The molecule has 3 aliphatic rings. The predicted molar refractivity (Wildman–Crippen MR) is 103 cm³/mol. The van der Waals surface area contributed by atoms with Crippen LogP contribution in [0.3, 0.4) is 0 Å². The van der Waals surface area contributed by atoms with Gasteiger partial charge in [-0.25, -0.2) is 0 Å². The number of carboxylic acid groups (broad SMARTS) is 1. The van der Waals surface area contributed by atoms with Crippen molar-refractivity contribution in [1.82, 2.24) is 0 Å². The Morgan fingerprint density at radius 3 is 2.89 bits per heavy atom. The summed E-state index contributed by atoms with van der Waals surface area (Å²) in [6.07, 6.45) is 6.67. The van der Waals surface area contributed by atoms with Crippen LogP contribution in [0.4, 0.5) is 0 Å². The van der Waals surface area contributed by atoms with Crippen molar-refractivity contribution in [2.75, 3.05) is 7.11 Å². The van der Waals surface area contributed by atoms with Crippen LogP contribution in [-0.4, -0.2) is 24.0 Å². The topological polar surface area (TPSA) is 63.6 Å². The average molecular weight is 370 g/mol. The lowest BCUT2D eigenvalue weighted by Gasteiger charge is -2.50. The number of aliphatic carboxylic acids is 1. The van der Waals surface area contributed by atoms with Crippen LogP contribution >= 0.6 is 0 Å². The standard InChI is InChI=1S/C23H30O4/c1-23-11-10-18-17-9-7-16(27-2)12-14(17)6-8-19(18)22(23)15(13-20(23)24)4-3-5-21(25)26/h7,9,12,15,18-19,22H,3-6,8,10-11,13H2,1-2H3,(H,25,26)/t15?,18-,19?,22+,23?/m1/s1. The number of aryl methyl sites for hydroxylation is 1. The number of carbonyl (C=O) groups excluding carboxylic acids is 1. The summed E-state index contributed by atoms with van der Waals surface area (Å²) in [5.74, 6) is 2.46. The van der Waals surface area contributed by atoms with Gasteiger partial charge < -0.3 is 9.84 Å². The molecule has 146 valence electrons. The molecule has 0 aromatic heterocycles.